The smallest absolute Gasteiger partial charge is 0.137 e. The summed E-state index contributed by atoms with van der Waals surface area (Å²) in [6, 6.07) is 66.8. The normalized spacial score (nSPS) is 14.6. The summed E-state index contributed by atoms with van der Waals surface area (Å²) in [7, 11) is 0. The molecule has 14 rings (SSSR count). The van der Waals surface area contributed by atoms with Crippen LogP contribution in [0.2, 0.25) is 0 Å². The molecule has 0 saturated heterocycles. The first kappa shape index (κ1) is 40.3. The van der Waals surface area contributed by atoms with Crippen LogP contribution in [0.4, 0.5) is 22.7 Å². The molecule has 0 N–H and O–H groups in total. The third-order valence-corrected chi connectivity index (χ3v) is 15.7. The second kappa shape index (κ2) is 17.2. The SMILES string of the molecule is [2H]C([2H])([2H])n1c2ccccc2c2c(-c3ccccc3)c3c4ccccc4n(C([2H])([2H])[2H])c3c(N3CN(c4cccc(Oc5ccc6c7cccc(C(C)(C)C)c7n(-c7cc(C(C)(C)C)c(-c8ccccc8)cn7)c6c5)c4)c4ccccc43)c21. The zero-order valence-corrected chi connectivity index (χ0v) is 43.9. The van der Waals surface area contributed by atoms with Gasteiger partial charge in [0.25, 0.3) is 0 Å². The standard InChI is InChI=1S/C70H60N6O/c1-69(2,3)54-32-22-31-50-49-38-37-48(40-60(49)76(65(50)54)61-41-55(70(4,5)6)53(42-71-61)44-23-11-9-12-24-44)77-47-28-21-27-46(39-47)74-43-75(59-36-20-19-35-58(59)74)68-66-63(51-29-15-17-33-56(51)72(66)7)62(45-25-13-10-14-26-45)64-52-30-16-18-34-57(52)73(8)67(64)68/h9-42H,43H2,1-8H3/i7D3,8D3. The van der Waals surface area contributed by atoms with Gasteiger partial charge in [-0.2, -0.15) is 0 Å². The van der Waals surface area contributed by atoms with E-state index in [0.717, 1.165) is 88.5 Å². The van der Waals surface area contributed by atoms with E-state index in [1.807, 2.05) is 140 Å². The molecule has 7 heteroatoms. The molecule has 0 bridgehead atoms. The van der Waals surface area contributed by atoms with Crippen LogP contribution in [0.15, 0.2) is 206 Å². The molecule has 4 aromatic heterocycles. The fraction of sp³-hybridized carbons (Fsp3) is 0.157. The molecule has 0 fully saturated rings. The van der Waals surface area contributed by atoms with Gasteiger partial charge < -0.3 is 23.7 Å². The number of anilines is 4. The van der Waals surface area contributed by atoms with Crippen molar-refractivity contribution in [1.29, 1.82) is 0 Å². The summed E-state index contributed by atoms with van der Waals surface area (Å²) < 4.78 is 67.9. The maximum atomic E-state index is 9.28. The van der Waals surface area contributed by atoms with Gasteiger partial charge in [-0.25, -0.2) is 4.98 Å². The number of nitrogens with zero attached hydrogens (tertiary/aromatic N) is 6. The number of aromatic nitrogens is 4. The predicted molar refractivity (Wildman–Crippen MR) is 323 cm³/mol. The third kappa shape index (κ3) is 7.20. The molecule has 1 aliphatic heterocycles. The van der Waals surface area contributed by atoms with Crippen molar-refractivity contribution in [1.82, 2.24) is 18.7 Å². The van der Waals surface area contributed by atoms with Crippen LogP contribution in [0.5, 0.6) is 11.5 Å². The summed E-state index contributed by atoms with van der Waals surface area (Å²) in [4.78, 5) is 9.56. The average molecular weight is 1010 g/mol. The maximum absolute atomic E-state index is 9.28. The second-order valence-electron chi connectivity index (χ2n) is 22.5. The fourth-order valence-corrected chi connectivity index (χ4v) is 12.3. The largest absolute Gasteiger partial charge is 0.457 e. The summed E-state index contributed by atoms with van der Waals surface area (Å²) in [6.45, 7) is 8.39. The fourth-order valence-electron chi connectivity index (χ4n) is 12.3. The first-order valence-corrected chi connectivity index (χ1v) is 26.4. The van der Waals surface area contributed by atoms with E-state index in [2.05, 4.69) is 123 Å². The summed E-state index contributed by atoms with van der Waals surface area (Å²) in [6.07, 6.45) is 2.03. The van der Waals surface area contributed by atoms with Crippen LogP contribution in [0.1, 0.15) is 60.9 Å². The zero-order valence-electron chi connectivity index (χ0n) is 49.9. The van der Waals surface area contributed by atoms with E-state index < -0.39 is 14.0 Å². The Morgan fingerprint density at radius 3 is 1.69 bits per heavy atom. The summed E-state index contributed by atoms with van der Waals surface area (Å²) in [5, 5.41) is 5.17. The highest BCUT2D eigenvalue weighted by Gasteiger charge is 2.35. The molecule has 0 unspecified atom stereocenters. The van der Waals surface area contributed by atoms with Gasteiger partial charge in [-0.05, 0) is 87.7 Å². The van der Waals surface area contributed by atoms with E-state index in [1.54, 1.807) is 0 Å². The number of para-hydroxylation sites is 5. The number of aryl methyl sites for hydroxylation is 2. The Hall–Kier alpha value is -9.07. The quantitative estimate of drug-likeness (QED) is 0.160. The molecule has 0 amide bonds. The molecule has 0 radical (unpaired) electrons. The lowest BCUT2D eigenvalue weighted by molar-refractivity contribution is 0.483. The van der Waals surface area contributed by atoms with Crippen LogP contribution >= 0.6 is 0 Å². The van der Waals surface area contributed by atoms with Gasteiger partial charge in [-0.3, -0.25) is 4.57 Å². The van der Waals surface area contributed by atoms with Crippen molar-refractivity contribution < 1.29 is 13.0 Å². The Bertz CT molecular complexity index is 4640. The molecule has 7 nitrogen and oxygen atoms in total. The molecule has 77 heavy (non-hydrogen) atoms. The van der Waals surface area contributed by atoms with Gasteiger partial charge in [0.2, 0.25) is 0 Å². The van der Waals surface area contributed by atoms with E-state index in [9.17, 15) is 8.22 Å². The molecule has 0 aliphatic carbocycles. The van der Waals surface area contributed by atoms with Crippen molar-refractivity contribution in [3.63, 3.8) is 0 Å². The van der Waals surface area contributed by atoms with Gasteiger partial charge >= 0.3 is 0 Å². The number of rotatable bonds is 7. The lowest BCUT2D eigenvalue weighted by Gasteiger charge is -2.26. The van der Waals surface area contributed by atoms with E-state index in [1.165, 1.54) is 20.3 Å². The number of hydrogen-bond donors (Lipinski definition) is 0. The first-order chi connectivity index (χ1) is 39.8. The van der Waals surface area contributed by atoms with Gasteiger partial charge in [0.1, 0.15) is 24.0 Å². The van der Waals surface area contributed by atoms with E-state index in [4.69, 9.17) is 9.72 Å². The number of benzene rings is 9. The van der Waals surface area contributed by atoms with Crippen molar-refractivity contribution >= 4 is 88.2 Å². The van der Waals surface area contributed by atoms with Gasteiger partial charge in [-0.1, -0.05) is 175 Å². The lowest BCUT2D eigenvalue weighted by atomic mass is 9.82. The van der Waals surface area contributed by atoms with Gasteiger partial charge in [0.15, 0.2) is 0 Å². The average Bonchev–Trinajstić information content (AvgIpc) is 1.59. The van der Waals surface area contributed by atoms with E-state index in [0.29, 0.717) is 39.3 Å². The van der Waals surface area contributed by atoms with Crippen LogP contribution in [0, 0.1) is 0 Å². The minimum atomic E-state index is -2.68. The summed E-state index contributed by atoms with van der Waals surface area (Å²) in [5.74, 6) is 2.08. The highest BCUT2D eigenvalue weighted by molar-refractivity contribution is 6.33. The molecule has 5 heterocycles. The van der Waals surface area contributed by atoms with E-state index >= 15 is 0 Å². The van der Waals surface area contributed by atoms with Crippen LogP contribution in [0.25, 0.3) is 93.5 Å². The Morgan fingerprint density at radius 1 is 0.468 bits per heavy atom. The number of pyridine rings is 1. The molecule has 0 spiro atoms. The summed E-state index contributed by atoms with van der Waals surface area (Å²) >= 11 is 0. The minimum absolute atomic E-state index is 0.183. The van der Waals surface area contributed by atoms with Crippen molar-refractivity contribution in [3.8, 4) is 39.6 Å². The van der Waals surface area contributed by atoms with Crippen LogP contribution in [-0.2, 0) is 24.8 Å². The second-order valence-corrected chi connectivity index (χ2v) is 22.5. The van der Waals surface area contributed by atoms with Crippen molar-refractivity contribution in [2.75, 3.05) is 16.5 Å². The van der Waals surface area contributed by atoms with Crippen LogP contribution in [0.3, 0.4) is 0 Å². The van der Waals surface area contributed by atoms with Gasteiger partial charge in [-0.15, -0.1) is 0 Å². The topological polar surface area (TPSA) is 43.4 Å². The van der Waals surface area contributed by atoms with Crippen LogP contribution < -0.4 is 14.5 Å². The molecule has 0 saturated carbocycles. The minimum Gasteiger partial charge on any atom is -0.457 e. The van der Waals surface area contributed by atoms with E-state index in [-0.39, 0.29) is 17.5 Å². The third-order valence-electron chi connectivity index (χ3n) is 15.7. The Balaban J connectivity index is 0.942. The Kier molecular flexibility index (Phi) is 9.01. The van der Waals surface area contributed by atoms with Crippen molar-refractivity contribution in [3.05, 3.63) is 218 Å². The Morgan fingerprint density at radius 2 is 1.04 bits per heavy atom. The number of ether oxygens (including phenoxy) is 1. The molecule has 1 aliphatic rings. The van der Waals surface area contributed by atoms with Crippen LogP contribution in [-0.4, -0.2) is 25.4 Å². The van der Waals surface area contributed by atoms with Gasteiger partial charge in [0, 0.05) is 101 Å². The maximum Gasteiger partial charge on any atom is 0.137 e. The molecule has 13 aromatic rings. The molecular formula is C70H60N6O. The highest BCUT2D eigenvalue weighted by atomic mass is 16.5. The number of fused-ring (bicyclic) bond motifs is 10. The zero-order chi connectivity index (χ0) is 57.5. The Labute approximate surface area is 457 Å². The molecule has 9 aromatic carbocycles. The van der Waals surface area contributed by atoms with Crippen molar-refractivity contribution in [2.45, 2.75) is 52.4 Å². The molecule has 376 valence electrons. The molecule has 0 atom stereocenters. The first-order valence-electron chi connectivity index (χ1n) is 29.4. The monoisotopic (exact) mass is 1010 g/mol. The lowest BCUT2D eigenvalue weighted by Crippen LogP contribution is -2.25. The molecular weight excluding hydrogens is 941 g/mol. The summed E-state index contributed by atoms with van der Waals surface area (Å²) in [5.41, 5.74) is 12.8. The highest BCUT2D eigenvalue weighted by Crippen LogP contribution is 2.55. The van der Waals surface area contributed by atoms with Gasteiger partial charge in [0.05, 0.1) is 39.1 Å². The van der Waals surface area contributed by atoms with Crippen molar-refractivity contribution in [2.24, 2.45) is 14.0 Å². The number of hydrogen-bond acceptors (Lipinski definition) is 4. The predicted octanol–water partition coefficient (Wildman–Crippen LogP) is 18.4.